The van der Waals surface area contributed by atoms with Crippen molar-refractivity contribution in [2.45, 2.75) is 70.0 Å². The zero-order valence-electron chi connectivity index (χ0n) is 42.5. The molecule has 0 bridgehead atoms. The molecule has 3 aromatic rings. The maximum Gasteiger partial charge on any atom is 0.412 e. The molecule has 1 unspecified atom stereocenters. The second kappa shape index (κ2) is 23.3. The first kappa shape index (κ1) is 55.6. The van der Waals surface area contributed by atoms with Gasteiger partial charge in [-0.2, -0.15) is 4.58 Å². The number of halogens is 1. The number of rotatable bonds is 21. The Labute approximate surface area is 443 Å². The molecule has 26 heteroatoms. The Morgan fingerprint density at radius 2 is 1.60 bits per heavy atom. The predicted molar refractivity (Wildman–Crippen MR) is 268 cm³/mol. The van der Waals surface area contributed by atoms with E-state index < -0.39 is 135 Å². The molecule has 0 saturated carbocycles. The lowest BCUT2D eigenvalue weighted by Gasteiger charge is -2.40. The Hall–Kier alpha value is -8.59. The molecule has 78 heavy (non-hydrogen) atoms. The molecule has 8 rings (SSSR count). The van der Waals surface area contributed by atoms with Crippen molar-refractivity contribution < 1.29 is 81.7 Å². The van der Waals surface area contributed by atoms with Crippen molar-refractivity contribution in [3.63, 3.8) is 0 Å². The van der Waals surface area contributed by atoms with E-state index in [1.165, 1.54) is 10.6 Å². The van der Waals surface area contributed by atoms with Gasteiger partial charge in [0.25, 0.3) is 11.8 Å². The Morgan fingerprint density at radius 3 is 2.29 bits per heavy atom. The molecule has 9 N–H and O–H groups in total. The van der Waals surface area contributed by atoms with Gasteiger partial charge in [0.2, 0.25) is 29.5 Å². The minimum absolute atomic E-state index is 0.0247. The number of pyridine rings is 1. The van der Waals surface area contributed by atoms with Crippen LogP contribution in [0.2, 0.25) is 0 Å². The van der Waals surface area contributed by atoms with Crippen LogP contribution >= 0.6 is 0 Å². The van der Waals surface area contributed by atoms with Crippen LogP contribution in [0.4, 0.5) is 4.39 Å². The largest absolute Gasteiger partial charge is 0.480 e. The van der Waals surface area contributed by atoms with Crippen molar-refractivity contribution in [1.82, 2.24) is 46.7 Å². The molecule has 2 aromatic carbocycles. The third-order valence-corrected chi connectivity index (χ3v) is 14.0. The van der Waals surface area contributed by atoms with Gasteiger partial charge in [0.05, 0.1) is 48.7 Å². The molecule has 1 aliphatic carbocycles. The van der Waals surface area contributed by atoms with Crippen LogP contribution in [-0.4, -0.2) is 183 Å². The number of hydrogen-bond donors (Lipinski definition) is 9. The highest BCUT2D eigenvalue weighted by atomic mass is 19.1. The average molecular weight is 1080 g/mol. The number of aliphatic hydroxyl groups excluding tert-OH is 1. The van der Waals surface area contributed by atoms with Gasteiger partial charge in [-0.1, -0.05) is 37.3 Å². The first-order chi connectivity index (χ1) is 37.2. The van der Waals surface area contributed by atoms with E-state index in [1.807, 2.05) is 0 Å². The van der Waals surface area contributed by atoms with Crippen LogP contribution in [-0.2, 0) is 76.8 Å². The SMILES string of the molecule is CC[C@@]1(O)C(=O)OCC2=C1C=C1c3nc4cc(F)c(C)c5c4c(c3CN1C2O)C(=[N+](C)C(=O)COCNC(=O)CNC(=O)[C@H](Cc1ccccc1)NC(=O)CNC(=O)CNC(=O)[C@H](CNCC(=O)O)N1C(=O)C=CC1=O)CC5. The van der Waals surface area contributed by atoms with Gasteiger partial charge in [0.15, 0.2) is 24.1 Å². The maximum atomic E-state index is 15.5. The molecule has 5 heterocycles. The quantitative estimate of drug-likeness (QED) is 0.0171. The zero-order valence-corrected chi connectivity index (χ0v) is 42.5. The smallest absolute Gasteiger partial charge is 0.412 e. The van der Waals surface area contributed by atoms with Crippen molar-refractivity contribution in [2.75, 3.05) is 59.7 Å². The van der Waals surface area contributed by atoms with Crippen LogP contribution in [0.5, 0.6) is 0 Å². The molecule has 0 fully saturated rings. The molecule has 4 aliphatic heterocycles. The number of cyclic esters (lactones) is 1. The number of aliphatic carboxylic acids is 1. The average Bonchev–Trinajstić information content (AvgIpc) is 4.15. The van der Waals surface area contributed by atoms with Crippen LogP contribution in [0.3, 0.4) is 0 Å². The van der Waals surface area contributed by atoms with E-state index in [-0.39, 0.29) is 31.6 Å². The number of nitrogens with one attached hydrogen (secondary N) is 6. The molecule has 1 aromatic heterocycles. The van der Waals surface area contributed by atoms with Crippen molar-refractivity contribution in [3.05, 3.63) is 105 Å². The highest BCUT2D eigenvalue weighted by Crippen LogP contribution is 2.47. The number of nitrogens with zero attached hydrogens (tertiary/aromatic N) is 4. The normalized spacial score (nSPS) is 19.5. The van der Waals surface area contributed by atoms with E-state index in [2.05, 4.69) is 31.9 Å². The van der Waals surface area contributed by atoms with Gasteiger partial charge < -0.3 is 61.6 Å². The first-order valence-corrected chi connectivity index (χ1v) is 24.8. The fraction of sp³-hybridized carbons (Fsp3) is 0.385. The number of fused-ring (bicyclic) bond motifs is 4. The number of aryl methyl sites for hydroxylation is 1. The molecule has 410 valence electrons. The summed E-state index contributed by atoms with van der Waals surface area (Å²) in [6.07, 6.45) is 2.80. The van der Waals surface area contributed by atoms with Crippen molar-refractivity contribution >= 4 is 81.5 Å². The van der Waals surface area contributed by atoms with E-state index in [9.17, 15) is 58.2 Å². The molecular formula is C52H56FN10O15+. The number of ether oxygens (including phenoxy) is 2. The second-order valence-corrected chi connectivity index (χ2v) is 18.9. The molecule has 0 radical (unpaired) electrons. The summed E-state index contributed by atoms with van der Waals surface area (Å²) in [6.45, 7) is -0.765. The van der Waals surface area contributed by atoms with Gasteiger partial charge in [-0.3, -0.25) is 43.3 Å². The van der Waals surface area contributed by atoms with Crippen LogP contribution in [0, 0.1) is 12.7 Å². The van der Waals surface area contributed by atoms with Gasteiger partial charge in [0.1, 0.15) is 38.3 Å². The zero-order chi connectivity index (χ0) is 56.2. The van der Waals surface area contributed by atoms with E-state index in [4.69, 9.17) is 19.6 Å². The van der Waals surface area contributed by atoms with E-state index in [0.717, 1.165) is 17.7 Å². The third kappa shape index (κ3) is 11.4. The summed E-state index contributed by atoms with van der Waals surface area (Å²) in [5.41, 5.74) is 3.23. The second-order valence-electron chi connectivity index (χ2n) is 18.9. The lowest BCUT2D eigenvalue weighted by atomic mass is 9.82. The van der Waals surface area contributed by atoms with Gasteiger partial charge in [-0.25, -0.2) is 19.0 Å². The fourth-order valence-electron chi connectivity index (χ4n) is 9.91. The molecule has 8 amide bonds. The van der Waals surface area contributed by atoms with Gasteiger partial charge >= 0.3 is 17.8 Å². The van der Waals surface area contributed by atoms with Gasteiger partial charge in [-0.15, -0.1) is 0 Å². The number of carboxylic acid groups (broad SMARTS) is 1. The molecule has 5 aliphatic rings. The van der Waals surface area contributed by atoms with Crippen molar-refractivity contribution in [2.24, 2.45) is 0 Å². The van der Waals surface area contributed by atoms with Gasteiger partial charge in [0, 0.05) is 66.2 Å². The minimum atomic E-state index is -2.01. The molecule has 0 saturated heterocycles. The van der Waals surface area contributed by atoms with E-state index in [0.29, 0.717) is 73.6 Å². The molecule has 0 spiro atoms. The summed E-state index contributed by atoms with van der Waals surface area (Å²) >= 11 is 0. The molecule has 4 atom stereocenters. The van der Waals surface area contributed by atoms with Crippen molar-refractivity contribution in [3.8, 4) is 0 Å². The summed E-state index contributed by atoms with van der Waals surface area (Å²) in [5.74, 6) is -8.88. The summed E-state index contributed by atoms with van der Waals surface area (Å²) in [4.78, 5) is 134. The number of esters is 1. The Morgan fingerprint density at radius 1 is 0.923 bits per heavy atom. The first-order valence-electron chi connectivity index (χ1n) is 24.8. The highest BCUT2D eigenvalue weighted by Gasteiger charge is 2.50. The number of amides is 8. The predicted octanol–water partition coefficient (Wildman–Crippen LogP) is -2.80. The topological polar surface area (TPSA) is 344 Å². The fourth-order valence-corrected chi connectivity index (χ4v) is 9.91. The number of carboxylic acids is 1. The van der Waals surface area contributed by atoms with Crippen LogP contribution in [0.15, 0.2) is 65.8 Å². The summed E-state index contributed by atoms with van der Waals surface area (Å²) in [5, 5.41) is 47.1. The Balaban J connectivity index is 0.861. The number of carbonyl (C=O) groups excluding carboxylic acids is 9. The van der Waals surface area contributed by atoms with Gasteiger partial charge in [-0.05, 0) is 42.5 Å². The number of benzene rings is 2. The standard InChI is InChI=1S/C52H55FN10O15/c1-4-52(76)31-15-36-47-29(22-62(36)50(74)30(31)23-78-51(52)75)46-35(11-10-28-26(2)32(53)16-33(60-47)45(28)46)61(3)43(69)24-77-25-58-39(65)19-56-48(72)34(14-27-8-6-5-7-9-27)59-40(66)20-55-38(64)18-57-49(73)37(17-54-21-44(70)71)63-41(67)12-13-42(63)68/h5-9,12-13,15-16,34,37,50,54,74,76H,4,10-11,14,17-25H2,1-3H3,(H5-,55,56,57,58,59,64,65,66,70,71,72,73)/p+1/t34-,37-,50?,52-/m0/s1. The molecular weight excluding hydrogens is 1020 g/mol. The number of imide groups is 1. The van der Waals surface area contributed by atoms with Crippen LogP contribution in [0.1, 0.15) is 53.3 Å². The van der Waals surface area contributed by atoms with E-state index >= 15 is 4.39 Å². The Bertz CT molecular complexity index is 3180. The third-order valence-electron chi connectivity index (χ3n) is 14.0. The number of carbonyl (C=O) groups is 10. The summed E-state index contributed by atoms with van der Waals surface area (Å²) in [7, 11) is 1.56. The maximum absolute atomic E-state index is 15.5. The summed E-state index contributed by atoms with van der Waals surface area (Å²) < 4.78 is 27.7. The minimum Gasteiger partial charge on any atom is -0.480 e. The Kier molecular flexibility index (Phi) is 16.6. The van der Waals surface area contributed by atoms with Crippen LogP contribution < -0.4 is 31.9 Å². The van der Waals surface area contributed by atoms with Crippen LogP contribution in [0.25, 0.3) is 16.6 Å². The lowest BCUT2D eigenvalue weighted by molar-refractivity contribution is -0.421. The lowest BCUT2D eigenvalue weighted by Crippen LogP contribution is -2.56. The highest BCUT2D eigenvalue weighted by molar-refractivity contribution is 6.16. The molecule has 25 nitrogen and oxygen atoms in total. The van der Waals surface area contributed by atoms with E-state index in [1.54, 1.807) is 62.2 Å². The monoisotopic (exact) mass is 1080 g/mol. The number of aromatic nitrogens is 1. The number of hydrogen-bond acceptors (Lipinski definition) is 17. The number of aliphatic hydroxyl groups is 2. The summed E-state index contributed by atoms with van der Waals surface area (Å²) in [6, 6.07) is 7.12. The number of likely N-dealkylation sites (N-methyl/N-ethyl adjacent to an activating group) is 1. The van der Waals surface area contributed by atoms with Crippen molar-refractivity contribution in [1.29, 1.82) is 0 Å².